The van der Waals surface area contributed by atoms with Crippen LogP contribution >= 0.6 is 15.9 Å². The van der Waals surface area contributed by atoms with Crippen molar-refractivity contribution in [3.8, 4) is 0 Å². The van der Waals surface area contributed by atoms with Crippen LogP contribution in [0.2, 0.25) is 0 Å². The molecule has 0 atom stereocenters. The second-order valence-electron chi connectivity index (χ2n) is 5.68. The predicted octanol–water partition coefficient (Wildman–Crippen LogP) is 4.07. The summed E-state index contributed by atoms with van der Waals surface area (Å²) in [4.78, 5) is 12.1. The second kappa shape index (κ2) is 5.43. The van der Waals surface area contributed by atoms with Gasteiger partial charge in [0.15, 0.2) is 0 Å². The Morgan fingerprint density at radius 2 is 2.06 bits per heavy atom. The van der Waals surface area contributed by atoms with Crippen molar-refractivity contribution in [2.45, 2.75) is 39.5 Å². The van der Waals surface area contributed by atoms with Crippen molar-refractivity contribution >= 4 is 21.8 Å². The van der Waals surface area contributed by atoms with Crippen LogP contribution in [0.15, 0.2) is 22.7 Å². The molecule has 0 saturated heterocycles. The number of nitrogens with one attached hydrogen (secondary N) is 1. The third-order valence-corrected chi connectivity index (χ3v) is 4.51. The van der Waals surface area contributed by atoms with Crippen LogP contribution in [-0.2, 0) is 0 Å². The molecule has 0 unspecified atom stereocenters. The summed E-state index contributed by atoms with van der Waals surface area (Å²) >= 11 is 3.45. The molecule has 0 radical (unpaired) electrons. The summed E-state index contributed by atoms with van der Waals surface area (Å²) in [7, 11) is 0. The largest absolute Gasteiger partial charge is 0.351 e. The van der Waals surface area contributed by atoms with E-state index in [9.17, 15) is 4.79 Å². The highest BCUT2D eigenvalue weighted by Crippen LogP contribution is 2.36. The molecule has 0 heterocycles. The first-order valence-corrected chi connectivity index (χ1v) is 7.34. The van der Waals surface area contributed by atoms with Crippen molar-refractivity contribution in [2.24, 2.45) is 5.41 Å². The summed E-state index contributed by atoms with van der Waals surface area (Å²) in [5, 5.41) is 3.07. The van der Waals surface area contributed by atoms with Crippen LogP contribution in [0.3, 0.4) is 0 Å². The van der Waals surface area contributed by atoms with Crippen molar-refractivity contribution in [3.63, 3.8) is 0 Å². The Kier molecular flexibility index (Phi) is 4.10. The summed E-state index contributed by atoms with van der Waals surface area (Å²) < 4.78 is 0.872. The van der Waals surface area contributed by atoms with Gasteiger partial charge < -0.3 is 5.32 Å². The van der Waals surface area contributed by atoms with Gasteiger partial charge in [-0.3, -0.25) is 4.79 Å². The van der Waals surface area contributed by atoms with E-state index < -0.39 is 0 Å². The maximum atomic E-state index is 12.1. The average molecular weight is 310 g/mol. The first kappa shape index (κ1) is 13.6. The van der Waals surface area contributed by atoms with Gasteiger partial charge in [-0.15, -0.1) is 0 Å². The number of hydrogen-bond acceptors (Lipinski definition) is 1. The lowest BCUT2D eigenvalue weighted by atomic mass is 9.89. The first-order chi connectivity index (χ1) is 8.50. The third kappa shape index (κ3) is 3.14. The van der Waals surface area contributed by atoms with Crippen LogP contribution in [0.25, 0.3) is 0 Å². The fraction of sp³-hybridized carbons (Fsp3) is 0.533. The highest BCUT2D eigenvalue weighted by atomic mass is 79.9. The van der Waals surface area contributed by atoms with E-state index in [1.54, 1.807) is 0 Å². The van der Waals surface area contributed by atoms with Crippen molar-refractivity contribution in [1.82, 2.24) is 5.32 Å². The van der Waals surface area contributed by atoms with Gasteiger partial charge in [-0.25, -0.2) is 0 Å². The number of amides is 1. The van der Waals surface area contributed by atoms with Gasteiger partial charge in [0.05, 0.1) is 5.56 Å². The summed E-state index contributed by atoms with van der Waals surface area (Å²) in [5.74, 6) is 0.0231. The Hall–Kier alpha value is -0.830. The van der Waals surface area contributed by atoms with Crippen LogP contribution in [0.4, 0.5) is 0 Å². The lowest BCUT2D eigenvalue weighted by Gasteiger charge is -2.23. The molecule has 1 amide bonds. The van der Waals surface area contributed by atoms with Crippen LogP contribution in [0, 0.1) is 12.3 Å². The second-order valence-corrected chi connectivity index (χ2v) is 6.54. The Balaban J connectivity index is 1.99. The average Bonchev–Trinajstić information content (AvgIpc) is 2.74. The van der Waals surface area contributed by atoms with Gasteiger partial charge in [-0.1, -0.05) is 25.8 Å². The fourth-order valence-corrected chi connectivity index (χ4v) is 3.27. The van der Waals surface area contributed by atoms with E-state index in [1.165, 1.54) is 25.7 Å². The molecule has 1 N–H and O–H groups in total. The maximum Gasteiger partial charge on any atom is 0.252 e. The quantitative estimate of drug-likeness (QED) is 0.896. The van der Waals surface area contributed by atoms with E-state index >= 15 is 0 Å². The molecule has 98 valence electrons. The van der Waals surface area contributed by atoms with Gasteiger partial charge in [0.25, 0.3) is 5.91 Å². The summed E-state index contributed by atoms with van der Waals surface area (Å²) in [5.41, 5.74) is 2.18. The molecule has 3 heteroatoms. The molecule has 1 aromatic carbocycles. The SMILES string of the molecule is Cc1ccc(C(=O)NCC2(C)CCCC2)c(Br)c1. The van der Waals surface area contributed by atoms with Gasteiger partial charge in [-0.2, -0.15) is 0 Å². The monoisotopic (exact) mass is 309 g/mol. The Morgan fingerprint density at radius 1 is 1.39 bits per heavy atom. The highest BCUT2D eigenvalue weighted by molar-refractivity contribution is 9.10. The molecule has 1 aromatic rings. The molecule has 0 aromatic heterocycles. The zero-order valence-electron chi connectivity index (χ0n) is 11.1. The molecule has 0 aliphatic heterocycles. The lowest BCUT2D eigenvalue weighted by molar-refractivity contribution is 0.0933. The molecule has 1 saturated carbocycles. The molecule has 2 nitrogen and oxygen atoms in total. The van der Waals surface area contributed by atoms with Gasteiger partial charge in [-0.05, 0) is 58.8 Å². The number of carbonyl (C=O) groups is 1. The highest BCUT2D eigenvalue weighted by Gasteiger charge is 2.29. The Morgan fingerprint density at radius 3 is 2.67 bits per heavy atom. The van der Waals surface area contributed by atoms with E-state index in [0.717, 1.165) is 22.1 Å². The minimum Gasteiger partial charge on any atom is -0.351 e. The number of hydrogen-bond donors (Lipinski definition) is 1. The summed E-state index contributed by atoms with van der Waals surface area (Å²) in [6.07, 6.45) is 5.03. The van der Waals surface area contributed by atoms with Gasteiger partial charge in [0, 0.05) is 11.0 Å². The fourth-order valence-electron chi connectivity index (χ4n) is 2.60. The van der Waals surface area contributed by atoms with Crippen molar-refractivity contribution < 1.29 is 4.79 Å². The Labute approximate surface area is 117 Å². The van der Waals surface area contributed by atoms with E-state index in [-0.39, 0.29) is 5.91 Å². The maximum absolute atomic E-state index is 12.1. The van der Waals surface area contributed by atoms with E-state index in [1.807, 2.05) is 25.1 Å². The Bertz CT molecular complexity index is 450. The van der Waals surface area contributed by atoms with Crippen LogP contribution < -0.4 is 5.32 Å². The molecule has 18 heavy (non-hydrogen) atoms. The van der Waals surface area contributed by atoms with Crippen molar-refractivity contribution in [3.05, 3.63) is 33.8 Å². The van der Waals surface area contributed by atoms with Gasteiger partial charge >= 0.3 is 0 Å². The summed E-state index contributed by atoms with van der Waals surface area (Å²) in [6, 6.07) is 5.83. The van der Waals surface area contributed by atoms with Crippen LogP contribution in [0.5, 0.6) is 0 Å². The van der Waals surface area contributed by atoms with Gasteiger partial charge in [0.2, 0.25) is 0 Å². The van der Waals surface area contributed by atoms with E-state index in [0.29, 0.717) is 5.41 Å². The molecule has 0 spiro atoms. The number of rotatable bonds is 3. The number of aryl methyl sites for hydroxylation is 1. The zero-order chi connectivity index (χ0) is 13.2. The number of benzene rings is 1. The number of carbonyl (C=O) groups excluding carboxylic acids is 1. The predicted molar refractivity (Wildman–Crippen MR) is 77.8 cm³/mol. The smallest absolute Gasteiger partial charge is 0.252 e. The van der Waals surface area contributed by atoms with E-state index in [2.05, 4.69) is 28.2 Å². The van der Waals surface area contributed by atoms with Crippen molar-refractivity contribution in [1.29, 1.82) is 0 Å². The van der Waals surface area contributed by atoms with Crippen LogP contribution in [0.1, 0.15) is 48.5 Å². The molecule has 2 rings (SSSR count). The zero-order valence-corrected chi connectivity index (χ0v) is 12.6. The van der Waals surface area contributed by atoms with Gasteiger partial charge in [0.1, 0.15) is 0 Å². The molecule has 1 aliphatic rings. The lowest BCUT2D eigenvalue weighted by Crippen LogP contribution is -2.34. The molecule has 0 bridgehead atoms. The molecule has 1 fully saturated rings. The standard InChI is InChI=1S/C15H20BrNO/c1-11-5-6-12(13(16)9-11)14(18)17-10-15(2)7-3-4-8-15/h5-6,9H,3-4,7-8,10H2,1-2H3,(H,17,18). The summed E-state index contributed by atoms with van der Waals surface area (Å²) in [6.45, 7) is 5.07. The van der Waals surface area contributed by atoms with E-state index in [4.69, 9.17) is 0 Å². The minimum atomic E-state index is 0.0231. The molecular formula is C15H20BrNO. The molecule has 1 aliphatic carbocycles. The molecular weight excluding hydrogens is 290 g/mol. The number of halogens is 1. The van der Waals surface area contributed by atoms with Crippen LogP contribution in [-0.4, -0.2) is 12.5 Å². The van der Waals surface area contributed by atoms with Crippen molar-refractivity contribution in [2.75, 3.05) is 6.54 Å². The minimum absolute atomic E-state index is 0.0231. The topological polar surface area (TPSA) is 29.1 Å². The normalized spacial score (nSPS) is 17.7. The third-order valence-electron chi connectivity index (χ3n) is 3.86. The first-order valence-electron chi connectivity index (χ1n) is 6.55.